The Labute approximate surface area is 119 Å². The van der Waals surface area contributed by atoms with Crippen molar-refractivity contribution in [2.75, 3.05) is 19.6 Å². The van der Waals surface area contributed by atoms with Gasteiger partial charge in [-0.25, -0.2) is 4.98 Å². The van der Waals surface area contributed by atoms with Crippen LogP contribution in [-0.4, -0.2) is 34.5 Å². The Balaban J connectivity index is 1.79. The molecule has 2 aromatic rings. The molecule has 2 aromatic heterocycles. The molecule has 106 valence electrons. The fourth-order valence-corrected chi connectivity index (χ4v) is 2.62. The molecule has 1 aliphatic heterocycles. The molecule has 5 heteroatoms. The molecule has 1 N–H and O–H groups in total. The number of hydrogen-bond acceptors (Lipinski definition) is 5. The number of nitrogens with one attached hydrogen (secondary N) is 1. The summed E-state index contributed by atoms with van der Waals surface area (Å²) < 4.78 is 5.71. The van der Waals surface area contributed by atoms with Crippen LogP contribution in [0, 0.1) is 13.8 Å². The van der Waals surface area contributed by atoms with Crippen molar-refractivity contribution in [1.29, 1.82) is 0 Å². The summed E-state index contributed by atoms with van der Waals surface area (Å²) in [6.45, 7) is 7.61. The van der Waals surface area contributed by atoms with Crippen LogP contribution in [-0.2, 0) is 6.54 Å². The molecule has 5 nitrogen and oxygen atoms in total. The van der Waals surface area contributed by atoms with E-state index in [-0.39, 0.29) is 0 Å². The SMILES string of the molecule is Cc1nc(CN2CCNCC2c2cccnc2)oc1C. The van der Waals surface area contributed by atoms with Gasteiger partial charge in [0.25, 0.3) is 0 Å². The van der Waals surface area contributed by atoms with Gasteiger partial charge in [0.2, 0.25) is 5.89 Å². The zero-order valence-corrected chi connectivity index (χ0v) is 12.0. The maximum Gasteiger partial charge on any atom is 0.208 e. The van der Waals surface area contributed by atoms with Crippen LogP contribution in [0.1, 0.15) is 29.0 Å². The van der Waals surface area contributed by atoms with E-state index in [1.165, 1.54) is 5.56 Å². The van der Waals surface area contributed by atoms with Gasteiger partial charge in [0.15, 0.2) is 0 Å². The van der Waals surface area contributed by atoms with Gasteiger partial charge in [-0.15, -0.1) is 0 Å². The Morgan fingerprint density at radius 1 is 1.45 bits per heavy atom. The lowest BCUT2D eigenvalue weighted by Gasteiger charge is -2.35. The number of aromatic nitrogens is 2. The smallest absolute Gasteiger partial charge is 0.208 e. The lowest BCUT2D eigenvalue weighted by molar-refractivity contribution is 0.139. The Hall–Kier alpha value is -1.72. The second-order valence-corrected chi connectivity index (χ2v) is 5.23. The highest BCUT2D eigenvalue weighted by molar-refractivity contribution is 5.16. The van der Waals surface area contributed by atoms with E-state index in [1.54, 1.807) is 0 Å². The number of piperazine rings is 1. The molecule has 1 fully saturated rings. The summed E-state index contributed by atoms with van der Waals surface area (Å²) in [4.78, 5) is 11.1. The van der Waals surface area contributed by atoms with Crippen LogP contribution in [0.15, 0.2) is 28.9 Å². The molecular formula is C15H20N4O. The first-order valence-corrected chi connectivity index (χ1v) is 7.01. The van der Waals surface area contributed by atoms with E-state index in [0.717, 1.165) is 43.5 Å². The van der Waals surface area contributed by atoms with Gasteiger partial charge in [0.1, 0.15) is 5.76 Å². The van der Waals surface area contributed by atoms with E-state index >= 15 is 0 Å². The Morgan fingerprint density at radius 2 is 2.35 bits per heavy atom. The standard InChI is InChI=1S/C15H20N4O/c1-11-12(2)20-15(18-11)10-19-7-6-17-9-14(19)13-4-3-5-16-8-13/h3-5,8,14,17H,6-7,9-10H2,1-2H3. The maximum atomic E-state index is 5.71. The predicted octanol–water partition coefficient (Wildman–Crippen LogP) is 1.83. The lowest BCUT2D eigenvalue weighted by Crippen LogP contribution is -2.45. The number of aryl methyl sites for hydroxylation is 2. The van der Waals surface area contributed by atoms with Gasteiger partial charge in [-0.1, -0.05) is 6.07 Å². The minimum absolute atomic E-state index is 0.324. The van der Waals surface area contributed by atoms with E-state index in [4.69, 9.17) is 4.42 Å². The van der Waals surface area contributed by atoms with Crippen LogP contribution in [0.2, 0.25) is 0 Å². The van der Waals surface area contributed by atoms with Crippen molar-refractivity contribution in [3.63, 3.8) is 0 Å². The summed E-state index contributed by atoms with van der Waals surface area (Å²) in [5.41, 5.74) is 2.22. The monoisotopic (exact) mass is 272 g/mol. The topological polar surface area (TPSA) is 54.2 Å². The highest BCUT2D eigenvalue weighted by Crippen LogP contribution is 2.23. The zero-order valence-electron chi connectivity index (χ0n) is 12.0. The fraction of sp³-hybridized carbons (Fsp3) is 0.467. The van der Waals surface area contributed by atoms with Gasteiger partial charge in [0, 0.05) is 38.1 Å². The first-order chi connectivity index (χ1) is 9.74. The minimum Gasteiger partial charge on any atom is -0.444 e. The summed E-state index contributed by atoms with van der Waals surface area (Å²) in [5, 5.41) is 3.45. The van der Waals surface area contributed by atoms with Gasteiger partial charge < -0.3 is 9.73 Å². The first-order valence-electron chi connectivity index (χ1n) is 7.01. The van der Waals surface area contributed by atoms with Gasteiger partial charge in [-0.05, 0) is 25.5 Å². The number of pyridine rings is 1. The normalized spacial score (nSPS) is 20.2. The van der Waals surface area contributed by atoms with Crippen LogP contribution >= 0.6 is 0 Å². The third-order valence-electron chi connectivity index (χ3n) is 3.83. The molecule has 0 spiro atoms. The largest absolute Gasteiger partial charge is 0.444 e. The van der Waals surface area contributed by atoms with E-state index in [1.807, 2.05) is 32.3 Å². The Morgan fingerprint density at radius 3 is 3.05 bits per heavy atom. The van der Waals surface area contributed by atoms with Crippen LogP contribution in [0.25, 0.3) is 0 Å². The molecular weight excluding hydrogens is 252 g/mol. The third kappa shape index (κ3) is 2.73. The molecule has 0 bridgehead atoms. The summed E-state index contributed by atoms with van der Waals surface area (Å²) in [6.07, 6.45) is 3.75. The van der Waals surface area contributed by atoms with Gasteiger partial charge >= 0.3 is 0 Å². The van der Waals surface area contributed by atoms with Crippen molar-refractivity contribution in [3.8, 4) is 0 Å². The molecule has 3 heterocycles. The second kappa shape index (κ2) is 5.73. The Bertz CT molecular complexity index is 547. The molecule has 0 saturated carbocycles. The highest BCUT2D eigenvalue weighted by Gasteiger charge is 2.25. The molecule has 0 aliphatic carbocycles. The molecule has 3 rings (SSSR count). The third-order valence-corrected chi connectivity index (χ3v) is 3.83. The van der Waals surface area contributed by atoms with Crippen molar-refractivity contribution in [2.24, 2.45) is 0 Å². The number of hydrogen-bond donors (Lipinski definition) is 1. The number of nitrogens with zero attached hydrogens (tertiary/aromatic N) is 3. The van der Waals surface area contributed by atoms with Crippen molar-refractivity contribution >= 4 is 0 Å². The molecule has 0 radical (unpaired) electrons. The summed E-state index contributed by atoms with van der Waals surface area (Å²) >= 11 is 0. The van der Waals surface area contributed by atoms with Crippen molar-refractivity contribution in [1.82, 2.24) is 20.2 Å². The van der Waals surface area contributed by atoms with Gasteiger partial charge in [-0.2, -0.15) is 0 Å². The first kappa shape index (κ1) is 13.3. The highest BCUT2D eigenvalue weighted by atomic mass is 16.4. The van der Waals surface area contributed by atoms with Gasteiger partial charge in [0.05, 0.1) is 12.2 Å². The van der Waals surface area contributed by atoms with Crippen molar-refractivity contribution < 1.29 is 4.42 Å². The summed E-state index contributed by atoms with van der Waals surface area (Å²) in [6, 6.07) is 4.44. The van der Waals surface area contributed by atoms with E-state index in [2.05, 4.69) is 26.3 Å². The minimum atomic E-state index is 0.324. The second-order valence-electron chi connectivity index (χ2n) is 5.23. The number of rotatable bonds is 3. The van der Waals surface area contributed by atoms with Crippen LogP contribution in [0.3, 0.4) is 0 Å². The van der Waals surface area contributed by atoms with E-state index < -0.39 is 0 Å². The number of oxazole rings is 1. The average Bonchev–Trinajstić information content (AvgIpc) is 2.79. The van der Waals surface area contributed by atoms with E-state index in [0.29, 0.717) is 6.04 Å². The van der Waals surface area contributed by atoms with Crippen LogP contribution < -0.4 is 5.32 Å². The van der Waals surface area contributed by atoms with Crippen LogP contribution in [0.5, 0.6) is 0 Å². The molecule has 1 unspecified atom stereocenters. The average molecular weight is 272 g/mol. The molecule has 1 aliphatic rings. The van der Waals surface area contributed by atoms with E-state index in [9.17, 15) is 0 Å². The molecule has 1 atom stereocenters. The molecule has 20 heavy (non-hydrogen) atoms. The Kier molecular flexibility index (Phi) is 3.80. The summed E-state index contributed by atoms with van der Waals surface area (Å²) in [5.74, 6) is 1.71. The maximum absolute atomic E-state index is 5.71. The molecule has 1 saturated heterocycles. The lowest BCUT2D eigenvalue weighted by atomic mass is 10.1. The van der Waals surface area contributed by atoms with Crippen molar-refractivity contribution in [2.45, 2.75) is 26.4 Å². The summed E-state index contributed by atoms with van der Waals surface area (Å²) in [7, 11) is 0. The zero-order chi connectivity index (χ0) is 13.9. The molecule has 0 amide bonds. The fourth-order valence-electron chi connectivity index (χ4n) is 2.62. The quantitative estimate of drug-likeness (QED) is 0.924. The predicted molar refractivity (Wildman–Crippen MR) is 76.2 cm³/mol. The van der Waals surface area contributed by atoms with Gasteiger partial charge in [-0.3, -0.25) is 9.88 Å². The van der Waals surface area contributed by atoms with Crippen molar-refractivity contribution in [3.05, 3.63) is 47.4 Å². The molecule has 0 aromatic carbocycles. The van der Waals surface area contributed by atoms with Crippen LogP contribution in [0.4, 0.5) is 0 Å².